The number of benzene rings is 1. The topological polar surface area (TPSA) is 55.2 Å². The number of hydrogen-bond donors (Lipinski definition) is 1. The van der Waals surface area contributed by atoms with Gasteiger partial charge in [-0.2, -0.15) is 11.8 Å². The predicted molar refractivity (Wildman–Crippen MR) is 77.0 cm³/mol. The van der Waals surface area contributed by atoms with Crippen molar-refractivity contribution in [2.45, 2.75) is 13.0 Å². The normalized spacial score (nSPS) is 12.1. The molecule has 98 valence electrons. The Morgan fingerprint density at radius 3 is 3.06 bits per heavy atom. The minimum Gasteiger partial charge on any atom is -0.309 e. The number of nitro benzene ring substituents is 1. The van der Waals surface area contributed by atoms with Crippen molar-refractivity contribution in [3.8, 4) is 0 Å². The van der Waals surface area contributed by atoms with Crippen LogP contribution in [0.1, 0.15) is 18.5 Å². The third kappa shape index (κ3) is 4.89. The Hall–Kier alpha value is -1.33. The maximum Gasteiger partial charge on any atom is 0.269 e. The molecular weight excluding hydrogens is 248 g/mol. The molecule has 0 saturated heterocycles. The Kier molecular flexibility index (Phi) is 6.46. The summed E-state index contributed by atoms with van der Waals surface area (Å²) in [7, 11) is 0. The summed E-state index contributed by atoms with van der Waals surface area (Å²) in [4.78, 5) is 10.3. The maximum absolute atomic E-state index is 10.7. The van der Waals surface area contributed by atoms with E-state index in [-0.39, 0.29) is 16.7 Å². The SMILES string of the molecule is C=CCSCCNC(C)c1cccc([N+](=O)[O-])c1. The molecule has 0 aliphatic heterocycles. The number of hydrogen-bond acceptors (Lipinski definition) is 4. The largest absolute Gasteiger partial charge is 0.309 e. The molecule has 0 aliphatic carbocycles. The second kappa shape index (κ2) is 7.89. The van der Waals surface area contributed by atoms with Crippen LogP contribution in [-0.2, 0) is 0 Å². The molecule has 0 aliphatic rings. The first-order valence-electron chi connectivity index (χ1n) is 5.81. The van der Waals surface area contributed by atoms with Crippen molar-refractivity contribution in [2.75, 3.05) is 18.1 Å². The van der Waals surface area contributed by atoms with Gasteiger partial charge in [0.15, 0.2) is 0 Å². The van der Waals surface area contributed by atoms with Crippen LogP contribution >= 0.6 is 11.8 Å². The lowest BCUT2D eigenvalue weighted by molar-refractivity contribution is -0.384. The van der Waals surface area contributed by atoms with Crippen LogP contribution in [0.3, 0.4) is 0 Å². The van der Waals surface area contributed by atoms with Gasteiger partial charge in [-0.25, -0.2) is 0 Å². The van der Waals surface area contributed by atoms with Gasteiger partial charge >= 0.3 is 0 Å². The van der Waals surface area contributed by atoms with Gasteiger partial charge < -0.3 is 5.32 Å². The van der Waals surface area contributed by atoms with Crippen molar-refractivity contribution >= 4 is 17.4 Å². The third-order valence-electron chi connectivity index (χ3n) is 2.51. The molecule has 1 aromatic carbocycles. The van der Waals surface area contributed by atoms with E-state index in [1.165, 1.54) is 6.07 Å². The average molecular weight is 266 g/mol. The van der Waals surface area contributed by atoms with E-state index in [9.17, 15) is 10.1 Å². The van der Waals surface area contributed by atoms with Crippen LogP contribution < -0.4 is 5.32 Å². The number of thioether (sulfide) groups is 1. The number of non-ortho nitro benzene ring substituents is 1. The van der Waals surface area contributed by atoms with Crippen molar-refractivity contribution in [3.05, 3.63) is 52.6 Å². The summed E-state index contributed by atoms with van der Waals surface area (Å²) in [6.07, 6.45) is 1.88. The highest BCUT2D eigenvalue weighted by Crippen LogP contribution is 2.18. The smallest absolute Gasteiger partial charge is 0.269 e. The number of nitrogens with zero attached hydrogens (tertiary/aromatic N) is 1. The van der Waals surface area contributed by atoms with Crippen molar-refractivity contribution in [2.24, 2.45) is 0 Å². The van der Waals surface area contributed by atoms with E-state index in [1.54, 1.807) is 12.1 Å². The molecule has 0 aromatic heterocycles. The molecule has 0 amide bonds. The Bertz CT molecular complexity index is 410. The zero-order valence-corrected chi connectivity index (χ0v) is 11.3. The van der Waals surface area contributed by atoms with Crippen LogP contribution in [0.25, 0.3) is 0 Å². The Morgan fingerprint density at radius 2 is 2.39 bits per heavy atom. The summed E-state index contributed by atoms with van der Waals surface area (Å²) in [5.41, 5.74) is 1.08. The van der Waals surface area contributed by atoms with Gasteiger partial charge in [0.25, 0.3) is 5.69 Å². The fourth-order valence-corrected chi connectivity index (χ4v) is 2.14. The highest BCUT2D eigenvalue weighted by molar-refractivity contribution is 7.99. The van der Waals surface area contributed by atoms with Crippen molar-refractivity contribution in [3.63, 3.8) is 0 Å². The summed E-state index contributed by atoms with van der Waals surface area (Å²) in [5, 5.41) is 14.0. The van der Waals surface area contributed by atoms with E-state index >= 15 is 0 Å². The second-order valence-corrected chi connectivity index (χ2v) is 5.04. The highest BCUT2D eigenvalue weighted by atomic mass is 32.2. The lowest BCUT2D eigenvalue weighted by Gasteiger charge is -2.13. The molecule has 0 saturated carbocycles. The molecule has 1 atom stereocenters. The Labute approximate surface area is 112 Å². The number of nitro groups is 1. The molecular formula is C13H18N2O2S. The van der Waals surface area contributed by atoms with E-state index in [0.29, 0.717) is 0 Å². The zero-order chi connectivity index (χ0) is 13.4. The maximum atomic E-state index is 10.7. The van der Waals surface area contributed by atoms with Crippen LogP contribution in [0, 0.1) is 10.1 Å². The van der Waals surface area contributed by atoms with Crippen LogP contribution in [0.4, 0.5) is 5.69 Å². The predicted octanol–water partition coefficient (Wildman–Crippen LogP) is 3.16. The van der Waals surface area contributed by atoms with E-state index in [4.69, 9.17) is 0 Å². The monoisotopic (exact) mass is 266 g/mol. The van der Waals surface area contributed by atoms with Gasteiger partial charge in [0.2, 0.25) is 0 Å². The first kappa shape index (κ1) is 14.7. The fraction of sp³-hybridized carbons (Fsp3) is 0.385. The summed E-state index contributed by atoms with van der Waals surface area (Å²) < 4.78 is 0. The van der Waals surface area contributed by atoms with Gasteiger partial charge in [0.05, 0.1) is 4.92 Å². The lowest BCUT2D eigenvalue weighted by Crippen LogP contribution is -2.21. The standard InChI is InChI=1S/C13H18N2O2S/c1-3-8-18-9-7-14-11(2)12-5-4-6-13(10-12)15(16)17/h3-6,10-11,14H,1,7-9H2,2H3. The van der Waals surface area contributed by atoms with E-state index < -0.39 is 0 Å². The average Bonchev–Trinajstić information content (AvgIpc) is 2.38. The van der Waals surface area contributed by atoms with Gasteiger partial charge in [-0.15, -0.1) is 6.58 Å². The molecule has 4 nitrogen and oxygen atoms in total. The van der Waals surface area contributed by atoms with Crippen molar-refractivity contribution < 1.29 is 4.92 Å². The van der Waals surface area contributed by atoms with Gasteiger partial charge in [-0.3, -0.25) is 10.1 Å². The van der Waals surface area contributed by atoms with Crippen LogP contribution in [0.2, 0.25) is 0 Å². The van der Waals surface area contributed by atoms with Crippen LogP contribution in [0.15, 0.2) is 36.9 Å². The highest BCUT2D eigenvalue weighted by Gasteiger charge is 2.09. The molecule has 1 unspecified atom stereocenters. The molecule has 18 heavy (non-hydrogen) atoms. The summed E-state index contributed by atoms with van der Waals surface area (Å²) in [6.45, 7) is 6.55. The second-order valence-electron chi connectivity index (χ2n) is 3.89. The molecule has 1 rings (SSSR count). The summed E-state index contributed by atoms with van der Waals surface area (Å²) in [5.74, 6) is 1.96. The fourth-order valence-electron chi connectivity index (χ4n) is 1.54. The zero-order valence-electron chi connectivity index (χ0n) is 10.5. The molecule has 0 spiro atoms. The number of nitrogens with one attached hydrogen (secondary N) is 1. The Morgan fingerprint density at radius 1 is 1.61 bits per heavy atom. The molecule has 0 fully saturated rings. The quantitative estimate of drug-likeness (QED) is 0.340. The first-order valence-corrected chi connectivity index (χ1v) is 6.97. The minimum atomic E-state index is -0.365. The number of rotatable bonds is 8. The van der Waals surface area contributed by atoms with Crippen molar-refractivity contribution in [1.82, 2.24) is 5.32 Å². The molecule has 1 aromatic rings. The molecule has 5 heteroatoms. The minimum absolute atomic E-state index is 0.120. The van der Waals surface area contributed by atoms with E-state index in [1.807, 2.05) is 30.8 Å². The lowest BCUT2D eigenvalue weighted by atomic mass is 10.1. The van der Waals surface area contributed by atoms with Crippen LogP contribution in [0.5, 0.6) is 0 Å². The van der Waals surface area contributed by atoms with E-state index in [0.717, 1.165) is 23.6 Å². The van der Waals surface area contributed by atoms with E-state index in [2.05, 4.69) is 11.9 Å². The molecule has 1 N–H and O–H groups in total. The van der Waals surface area contributed by atoms with Gasteiger partial charge in [0.1, 0.15) is 0 Å². The first-order chi connectivity index (χ1) is 8.65. The van der Waals surface area contributed by atoms with Gasteiger partial charge in [-0.1, -0.05) is 18.2 Å². The van der Waals surface area contributed by atoms with Gasteiger partial charge in [0, 0.05) is 36.2 Å². The third-order valence-corrected chi connectivity index (χ3v) is 3.48. The molecule has 0 bridgehead atoms. The summed E-state index contributed by atoms with van der Waals surface area (Å²) in [6, 6.07) is 6.87. The summed E-state index contributed by atoms with van der Waals surface area (Å²) >= 11 is 1.81. The van der Waals surface area contributed by atoms with Gasteiger partial charge in [-0.05, 0) is 12.5 Å². The van der Waals surface area contributed by atoms with Crippen molar-refractivity contribution in [1.29, 1.82) is 0 Å². The molecule has 0 radical (unpaired) electrons. The molecule has 0 heterocycles. The Balaban J connectivity index is 2.45. The van der Waals surface area contributed by atoms with Crippen LogP contribution in [-0.4, -0.2) is 23.0 Å².